The van der Waals surface area contributed by atoms with E-state index in [0.717, 1.165) is 0 Å². The number of phenols is 1. The standard InChI is InChI=1S/C9H11ClFNO.ClH/c1-2-7(12)5-3-4-6(11)8(10)9(5)13;/h3-4,7,13H,2,12H2,1H3;1H/t7-;/m0./s1. The highest BCUT2D eigenvalue weighted by molar-refractivity contribution is 6.32. The van der Waals surface area contributed by atoms with Crippen LogP contribution in [0.2, 0.25) is 5.02 Å². The summed E-state index contributed by atoms with van der Waals surface area (Å²) in [5.74, 6) is -0.887. The largest absolute Gasteiger partial charge is 0.506 e. The van der Waals surface area contributed by atoms with Gasteiger partial charge in [-0.15, -0.1) is 12.4 Å². The van der Waals surface area contributed by atoms with Gasteiger partial charge in [0.05, 0.1) is 0 Å². The molecule has 14 heavy (non-hydrogen) atoms. The number of nitrogens with two attached hydrogens (primary N) is 1. The Labute approximate surface area is 93.3 Å². The van der Waals surface area contributed by atoms with Crippen molar-refractivity contribution in [1.29, 1.82) is 0 Å². The molecule has 1 atom stereocenters. The zero-order chi connectivity index (χ0) is 10.0. The second-order valence-electron chi connectivity index (χ2n) is 2.81. The van der Waals surface area contributed by atoms with Crippen molar-refractivity contribution in [2.45, 2.75) is 19.4 Å². The average Bonchev–Trinajstić information content (AvgIpc) is 2.13. The van der Waals surface area contributed by atoms with Crippen LogP contribution in [0.15, 0.2) is 12.1 Å². The summed E-state index contributed by atoms with van der Waals surface area (Å²) in [7, 11) is 0. The summed E-state index contributed by atoms with van der Waals surface area (Å²) in [4.78, 5) is 0. The van der Waals surface area contributed by atoms with Gasteiger partial charge in [-0.25, -0.2) is 4.39 Å². The van der Waals surface area contributed by atoms with Gasteiger partial charge in [0, 0.05) is 11.6 Å². The van der Waals surface area contributed by atoms with E-state index in [4.69, 9.17) is 17.3 Å². The lowest BCUT2D eigenvalue weighted by Gasteiger charge is -2.12. The van der Waals surface area contributed by atoms with Crippen molar-refractivity contribution in [2.75, 3.05) is 0 Å². The molecule has 2 nitrogen and oxygen atoms in total. The fourth-order valence-corrected chi connectivity index (χ4v) is 1.25. The van der Waals surface area contributed by atoms with E-state index in [1.165, 1.54) is 12.1 Å². The van der Waals surface area contributed by atoms with Crippen LogP contribution in [0.3, 0.4) is 0 Å². The van der Waals surface area contributed by atoms with Gasteiger partial charge < -0.3 is 10.8 Å². The van der Waals surface area contributed by atoms with Gasteiger partial charge in [-0.1, -0.05) is 24.6 Å². The first-order valence-electron chi connectivity index (χ1n) is 4.00. The lowest BCUT2D eigenvalue weighted by molar-refractivity contribution is 0.454. The fraction of sp³-hybridized carbons (Fsp3) is 0.333. The number of hydrogen-bond donors (Lipinski definition) is 2. The summed E-state index contributed by atoms with van der Waals surface area (Å²) in [5, 5.41) is 9.17. The number of phenolic OH excluding ortho intramolecular Hbond substituents is 1. The summed E-state index contributed by atoms with van der Waals surface area (Å²) >= 11 is 5.50. The highest BCUT2D eigenvalue weighted by Gasteiger charge is 2.14. The molecule has 0 radical (unpaired) electrons. The molecule has 0 saturated heterocycles. The molecule has 0 unspecified atom stereocenters. The number of hydrogen-bond acceptors (Lipinski definition) is 2. The van der Waals surface area contributed by atoms with Gasteiger partial charge in [0.2, 0.25) is 0 Å². The maximum Gasteiger partial charge on any atom is 0.145 e. The van der Waals surface area contributed by atoms with Gasteiger partial charge >= 0.3 is 0 Å². The third-order valence-corrected chi connectivity index (χ3v) is 2.30. The molecule has 1 aromatic rings. The summed E-state index contributed by atoms with van der Waals surface area (Å²) in [6.07, 6.45) is 0.662. The van der Waals surface area contributed by atoms with Crippen LogP contribution in [0.1, 0.15) is 24.9 Å². The predicted octanol–water partition coefficient (Wildman–Crippen LogP) is 3.02. The average molecular weight is 240 g/mol. The molecular formula is C9H12Cl2FNO. The van der Waals surface area contributed by atoms with Crippen molar-refractivity contribution in [2.24, 2.45) is 5.73 Å². The normalized spacial score (nSPS) is 12.0. The maximum atomic E-state index is 12.8. The molecule has 0 aliphatic carbocycles. The Hall–Kier alpha value is -0.510. The van der Waals surface area contributed by atoms with Crippen LogP contribution >= 0.6 is 24.0 Å². The van der Waals surface area contributed by atoms with Gasteiger partial charge in [-0.05, 0) is 12.5 Å². The summed E-state index contributed by atoms with van der Waals surface area (Å²) in [6.45, 7) is 1.88. The minimum atomic E-state index is -0.633. The van der Waals surface area contributed by atoms with E-state index in [0.29, 0.717) is 12.0 Å². The van der Waals surface area contributed by atoms with E-state index >= 15 is 0 Å². The fourth-order valence-electron chi connectivity index (χ4n) is 1.07. The van der Waals surface area contributed by atoms with E-state index in [1.807, 2.05) is 6.92 Å². The van der Waals surface area contributed by atoms with E-state index in [1.54, 1.807) is 0 Å². The van der Waals surface area contributed by atoms with Crippen molar-refractivity contribution in [1.82, 2.24) is 0 Å². The molecule has 0 spiro atoms. The van der Waals surface area contributed by atoms with Crippen LogP contribution in [-0.4, -0.2) is 5.11 Å². The molecule has 5 heteroatoms. The third kappa shape index (κ3) is 2.50. The van der Waals surface area contributed by atoms with Gasteiger partial charge in [0.15, 0.2) is 0 Å². The zero-order valence-corrected chi connectivity index (χ0v) is 9.20. The van der Waals surface area contributed by atoms with E-state index in [-0.39, 0.29) is 29.2 Å². The van der Waals surface area contributed by atoms with Gasteiger partial charge in [-0.3, -0.25) is 0 Å². The second kappa shape index (κ2) is 5.39. The minimum absolute atomic E-state index is 0. The third-order valence-electron chi connectivity index (χ3n) is 1.94. The lowest BCUT2D eigenvalue weighted by atomic mass is 10.0. The van der Waals surface area contributed by atoms with E-state index < -0.39 is 5.82 Å². The predicted molar refractivity (Wildman–Crippen MR) is 57.5 cm³/mol. The summed E-state index contributed by atoms with van der Waals surface area (Å²) in [5.41, 5.74) is 6.15. The van der Waals surface area contributed by atoms with Crippen LogP contribution in [0.5, 0.6) is 5.75 Å². The van der Waals surface area contributed by atoms with Crippen molar-refractivity contribution in [3.63, 3.8) is 0 Å². The number of benzene rings is 1. The van der Waals surface area contributed by atoms with Crippen LogP contribution in [0, 0.1) is 5.82 Å². The molecule has 0 aromatic heterocycles. The molecule has 1 aromatic carbocycles. The molecule has 0 heterocycles. The van der Waals surface area contributed by atoms with Crippen LogP contribution in [-0.2, 0) is 0 Å². The number of halogens is 3. The monoisotopic (exact) mass is 239 g/mol. The number of aromatic hydroxyl groups is 1. The van der Waals surface area contributed by atoms with Crippen molar-refractivity contribution >= 4 is 24.0 Å². The first-order chi connectivity index (χ1) is 6.07. The Morgan fingerprint density at radius 3 is 2.64 bits per heavy atom. The Balaban J connectivity index is 0.00000169. The molecule has 0 bridgehead atoms. The van der Waals surface area contributed by atoms with Gasteiger partial charge in [0.25, 0.3) is 0 Å². The molecule has 0 fully saturated rings. The van der Waals surface area contributed by atoms with Crippen LogP contribution < -0.4 is 5.73 Å². The molecule has 0 amide bonds. The molecule has 1 rings (SSSR count). The van der Waals surface area contributed by atoms with Crippen molar-refractivity contribution in [3.05, 3.63) is 28.5 Å². The van der Waals surface area contributed by atoms with Gasteiger partial charge in [-0.2, -0.15) is 0 Å². The Morgan fingerprint density at radius 1 is 1.57 bits per heavy atom. The molecular weight excluding hydrogens is 228 g/mol. The van der Waals surface area contributed by atoms with Crippen molar-refractivity contribution < 1.29 is 9.50 Å². The van der Waals surface area contributed by atoms with Crippen LogP contribution in [0.25, 0.3) is 0 Å². The Kier molecular flexibility index (Phi) is 5.19. The topological polar surface area (TPSA) is 46.2 Å². The van der Waals surface area contributed by atoms with E-state index in [2.05, 4.69) is 0 Å². The minimum Gasteiger partial charge on any atom is -0.506 e. The molecule has 0 saturated carbocycles. The first-order valence-corrected chi connectivity index (χ1v) is 4.38. The molecule has 0 aliphatic heterocycles. The molecule has 3 N–H and O–H groups in total. The van der Waals surface area contributed by atoms with Gasteiger partial charge in [0.1, 0.15) is 16.6 Å². The number of rotatable bonds is 2. The highest BCUT2D eigenvalue weighted by Crippen LogP contribution is 2.33. The van der Waals surface area contributed by atoms with E-state index in [9.17, 15) is 9.50 Å². The Morgan fingerprint density at radius 2 is 2.14 bits per heavy atom. The Bertz CT molecular complexity index is 320. The van der Waals surface area contributed by atoms with Crippen LogP contribution in [0.4, 0.5) is 4.39 Å². The second-order valence-corrected chi connectivity index (χ2v) is 3.19. The quantitative estimate of drug-likeness (QED) is 0.834. The highest BCUT2D eigenvalue weighted by atomic mass is 35.5. The summed E-state index contributed by atoms with van der Waals surface area (Å²) in [6, 6.07) is 2.34. The SMILES string of the molecule is CC[C@H](N)c1ccc(F)c(Cl)c1O.Cl. The zero-order valence-electron chi connectivity index (χ0n) is 7.63. The molecule has 80 valence electrons. The summed E-state index contributed by atoms with van der Waals surface area (Å²) < 4.78 is 12.8. The first kappa shape index (κ1) is 13.5. The van der Waals surface area contributed by atoms with Crippen molar-refractivity contribution in [3.8, 4) is 5.75 Å². The molecule has 0 aliphatic rings. The lowest BCUT2D eigenvalue weighted by Crippen LogP contribution is -2.09. The maximum absolute atomic E-state index is 12.8. The smallest absolute Gasteiger partial charge is 0.145 e.